The molecule has 0 atom stereocenters. The predicted octanol–water partition coefficient (Wildman–Crippen LogP) is 4.47. The monoisotopic (exact) mass is 351 g/mol. The Morgan fingerprint density at radius 3 is 2.76 bits per heavy atom. The SMILES string of the molecule is CCCCOC(=O)c1cc([N+](=O)[O-])c2cc(Br)ccc2c1. The van der Waals surface area contributed by atoms with Gasteiger partial charge < -0.3 is 4.74 Å². The molecule has 0 aliphatic rings. The summed E-state index contributed by atoms with van der Waals surface area (Å²) in [6, 6.07) is 8.05. The smallest absolute Gasteiger partial charge is 0.338 e. The number of nitro benzene ring substituents is 1. The Hall–Kier alpha value is -1.95. The van der Waals surface area contributed by atoms with Crippen LogP contribution in [0, 0.1) is 10.1 Å². The van der Waals surface area contributed by atoms with Gasteiger partial charge in [0, 0.05) is 10.5 Å². The summed E-state index contributed by atoms with van der Waals surface area (Å²) in [6.07, 6.45) is 1.69. The Bertz CT molecular complexity index is 699. The summed E-state index contributed by atoms with van der Waals surface area (Å²) in [5.41, 5.74) is 0.101. The van der Waals surface area contributed by atoms with Crippen molar-refractivity contribution in [3.05, 3.63) is 50.5 Å². The van der Waals surface area contributed by atoms with Gasteiger partial charge in [-0.1, -0.05) is 35.3 Å². The molecule has 0 aliphatic carbocycles. The maximum atomic E-state index is 12.0. The summed E-state index contributed by atoms with van der Waals surface area (Å²) in [6.45, 7) is 2.31. The standard InChI is InChI=1S/C15H14BrNO4/c1-2-3-6-21-15(18)11-7-10-4-5-12(16)9-13(10)14(8-11)17(19)20/h4-5,7-9H,2-3,6H2,1H3. The van der Waals surface area contributed by atoms with Crippen molar-refractivity contribution in [2.24, 2.45) is 0 Å². The molecule has 110 valence electrons. The first-order chi connectivity index (χ1) is 10.0. The highest BCUT2D eigenvalue weighted by Crippen LogP contribution is 2.30. The number of ether oxygens (including phenoxy) is 1. The van der Waals surface area contributed by atoms with E-state index in [0.29, 0.717) is 17.4 Å². The molecule has 0 saturated heterocycles. The first-order valence-electron chi connectivity index (χ1n) is 6.57. The van der Waals surface area contributed by atoms with E-state index in [2.05, 4.69) is 15.9 Å². The van der Waals surface area contributed by atoms with Crippen LogP contribution in [0.5, 0.6) is 0 Å². The van der Waals surface area contributed by atoms with Gasteiger partial charge in [-0.15, -0.1) is 0 Å². The molecule has 0 aliphatic heterocycles. The van der Waals surface area contributed by atoms with Crippen molar-refractivity contribution in [1.82, 2.24) is 0 Å². The second kappa shape index (κ2) is 6.67. The summed E-state index contributed by atoms with van der Waals surface area (Å²) < 4.78 is 5.85. The van der Waals surface area contributed by atoms with Crippen LogP contribution in [0.25, 0.3) is 10.8 Å². The highest BCUT2D eigenvalue weighted by Gasteiger charge is 2.18. The van der Waals surface area contributed by atoms with Gasteiger partial charge in [-0.25, -0.2) is 4.79 Å². The second-order valence-corrected chi connectivity index (χ2v) is 5.52. The molecule has 2 aromatic carbocycles. The van der Waals surface area contributed by atoms with Gasteiger partial charge in [-0.05, 0) is 30.0 Å². The van der Waals surface area contributed by atoms with E-state index in [9.17, 15) is 14.9 Å². The van der Waals surface area contributed by atoms with Crippen molar-refractivity contribution >= 4 is 38.4 Å². The lowest BCUT2D eigenvalue weighted by atomic mass is 10.0. The van der Waals surface area contributed by atoms with E-state index < -0.39 is 10.9 Å². The lowest BCUT2D eigenvalue weighted by Crippen LogP contribution is -2.07. The fourth-order valence-corrected chi connectivity index (χ4v) is 2.33. The van der Waals surface area contributed by atoms with E-state index >= 15 is 0 Å². The van der Waals surface area contributed by atoms with Crippen LogP contribution in [0.4, 0.5) is 5.69 Å². The third-order valence-electron chi connectivity index (χ3n) is 3.06. The lowest BCUT2D eigenvalue weighted by molar-refractivity contribution is -0.383. The summed E-state index contributed by atoms with van der Waals surface area (Å²) in [5.74, 6) is -0.531. The fraction of sp³-hybridized carbons (Fsp3) is 0.267. The second-order valence-electron chi connectivity index (χ2n) is 4.61. The third kappa shape index (κ3) is 3.58. The van der Waals surface area contributed by atoms with Gasteiger partial charge in [0.1, 0.15) is 0 Å². The summed E-state index contributed by atoms with van der Waals surface area (Å²) in [7, 11) is 0. The number of unbranched alkanes of at least 4 members (excludes halogenated alkanes) is 1. The molecule has 0 fully saturated rings. The number of rotatable bonds is 5. The van der Waals surface area contributed by atoms with E-state index in [1.54, 1.807) is 24.3 Å². The number of nitro groups is 1. The van der Waals surface area contributed by atoms with Crippen LogP contribution in [-0.2, 0) is 4.74 Å². The van der Waals surface area contributed by atoms with Crippen LogP contribution in [0.3, 0.4) is 0 Å². The Morgan fingerprint density at radius 1 is 1.33 bits per heavy atom. The molecule has 21 heavy (non-hydrogen) atoms. The largest absolute Gasteiger partial charge is 0.462 e. The number of halogens is 1. The van der Waals surface area contributed by atoms with E-state index in [4.69, 9.17) is 4.74 Å². The van der Waals surface area contributed by atoms with Gasteiger partial charge in [0.05, 0.1) is 22.5 Å². The van der Waals surface area contributed by atoms with Crippen molar-refractivity contribution in [2.75, 3.05) is 6.61 Å². The van der Waals surface area contributed by atoms with Crippen molar-refractivity contribution in [3.8, 4) is 0 Å². The first kappa shape index (κ1) is 15.4. The molecule has 2 aromatic rings. The zero-order valence-corrected chi connectivity index (χ0v) is 13.1. The van der Waals surface area contributed by atoms with Gasteiger partial charge >= 0.3 is 5.97 Å². The minimum Gasteiger partial charge on any atom is -0.462 e. The van der Waals surface area contributed by atoms with Crippen molar-refractivity contribution < 1.29 is 14.5 Å². The Labute approximate surface area is 130 Å². The molecule has 0 aromatic heterocycles. The Kier molecular flexibility index (Phi) is 4.90. The summed E-state index contributed by atoms with van der Waals surface area (Å²) in [5, 5.41) is 12.3. The molecule has 0 spiro atoms. The van der Waals surface area contributed by atoms with E-state index in [0.717, 1.165) is 17.3 Å². The van der Waals surface area contributed by atoms with E-state index in [1.165, 1.54) is 6.07 Å². The molecule has 0 radical (unpaired) electrons. The van der Waals surface area contributed by atoms with Crippen LogP contribution in [0.2, 0.25) is 0 Å². The minimum absolute atomic E-state index is 0.101. The topological polar surface area (TPSA) is 69.4 Å². The van der Waals surface area contributed by atoms with Gasteiger partial charge in [0.25, 0.3) is 5.69 Å². The summed E-state index contributed by atoms with van der Waals surface area (Å²) >= 11 is 3.29. The molecule has 0 amide bonds. The molecule has 0 unspecified atom stereocenters. The molecular weight excluding hydrogens is 338 g/mol. The van der Waals surface area contributed by atoms with Crippen LogP contribution in [0.15, 0.2) is 34.8 Å². The number of nitrogens with zero attached hydrogens (tertiary/aromatic N) is 1. The number of non-ortho nitro benzene ring substituents is 1. The Balaban J connectivity index is 2.44. The van der Waals surface area contributed by atoms with Crippen LogP contribution >= 0.6 is 15.9 Å². The quantitative estimate of drug-likeness (QED) is 0.345. The molecule has 6 heteroatoms. The van der Waals surface area contributed by atoms with Gasteiger partial charge in [-0.3, -0.25) is 10.1 Å². The third-order valence-corrected chi connectivity index (χ3v) is 3.55. The number of esters is 1. The minimum atomic E-state index is -0.531. The predicted molar refractivity (Wildman–Crippen MR) is 83.5 cm³/mol. The van der Waals surface area contributed by atoms with Crippen LogP contribution < -0.4 is 0 Å². The van der Waals surface area contributed by atoms with Gasteiger partial charge in [0.15, 0.2) is 0 Å². The molecule has 2 rings (SSSR count). The average Bonchev–Trinajstić information content (AvgIpc) is 2.46. The number of carbonyl (C=O) groups excluding carboxylic acids is 1. The fourth-order valence-electron chi connectivity index (χ4n) is 1.97. The van der Waals surface area contributed by atoms with Crippen molar-refractivity contribution in [3.63, 3.8) is 0 Å². The molecule has 0 N–H and O–H groups in total. The highest BCUT2D eigenvalue weighted by molar-refractivity contribution is 9.10. The number of hydrogen-bond acceptors (Lipinski definition) is 4. The average molecular weight is 352 g/mol. The molecule has 0 saturated carbocycles. The lowest BCUT2D eigenvalue weighted by Gasteiger charge is -2.06. The number of carbonyl (C=O) groups is 1. The normalized spacial score (nSPS) is 10.6. The van der Waals surface area contributed by atoms with Crippen molar-refractivity contribution in [2.45, 2.75) is 19.8 Å². The zero-order chi connectivity index (χ0) is 15.4. The number of benzene rings is 2. The number of hydrogen-bond donors (Lipinski definition) is 0. The van der Waals surface area contributed by atoms with Crippen LogP contribution in [-0.4, -0.2) is 17.5 Å². The maximum Gasteiger partial charge on any atom is 0.338 e. The molecule has 0 bridgehead atoms. The summed E-state index contributed by atoms with van der Waals surface area (Å²) in [4.78, 5) is 22.7. The van der Waals surface area contributed by atoms with Gasteiger partial charge in [0.2, 0.25) is 0 Å². The molecule has 5 nitrogen and oxygen atoms in total. The first-order valence-corrected chi connectivity index (χ1v) is 7.37. The van der Waals surface area contributed by atoms with Crippen LogP contribution in [0.1, 0.15) is 30.1 Å². The zero-order valence-electron chi connectivity index (χ0n) is 11.5. The molecular formula is C15H14BrNO4. The van der Waals surface area contributed by atoms with E-state index in [-0.39, 0.29) is 11.3 Å². The van der Waals surface area contributed by atoms with Crippen molar-refractivity contribution in [1.29, 1.82) is 0 Å². The van der Waals surface area contributed by atoms with E-state index in [1.807, 2.05) is 6.92 Å². The van der Waals surface area contributed by atoms with Gasteiger partial charge in [-0.2, -0.15) is 0 Å². The Morgan fingerprint density at radius 2 is 2.10 bits per heavy atom. The molecule has 0 heterocycles. The number of fused-ring (bicyclic) bond motifs is 1. The maximum absolute atomic E-state index is 12.0. The highest BCUT2D eigenvalue weighted by atomic mass is 79.9.